The number of carboxylic acid groups (broad SMARTS) is 1. The molecular formula is C26H28N2O6S2. The number of amides is 2. The van der Waals surface area contributed by atoms with Gasteiger partial charge in [0, 0.05) is 15.5 Å². The van der Waals surface area contributed by atoms with Gasteiger partial charge < -0.3 is 20.5 Å². The quantitative estimate of drug-likeness (QED) is 0.257. The molecule has 2 aromatic rings. The Labute approximate surface area is 217 Å². The van der Waals surface area contributed by atoms with E-state index >= 15 is 0 Å². The van der Waals surface area contributed by atoms with E-state index in [1.54, 1.807) is 24.3 Å². The van der Waals surface area contributed by atoms with E-state index in [2.05, 4.69) is 10.6 Å². The van der Waals surface area contributed by atoms with E-state index < -0.39 is 23.8 Å². The number of thioether (sulfide) groups is 1. The second kappa shape index (κ2) is 11.7. The van der Waals surface area contributed by atoms with Gasteiger partial charge in [0.2, 0.25) is 11.8 Å². The first-order chi connectivity index (χ1) is 17.4. The van der Waals surface area contributed by atoms with Gasteiger partial charge in [-0.1, -0.05) is 18.2 Å². The Hall–Kier alpha value is -3.11. The topological polar surface area (TPSA) is 122 Å². The van der Waals surface area contributed by atoms with Crippen molar-refractivity contribution in [3.63, 3.8) is 0 Å². The van der Waals surface area contributed by atoms with Gasteiger partial charge in [0.05, 0.1) is 30.3 Å². The first-order valence-corrected chi connectivity index (χ1v) is 13.6. The zero-order chi connectivity index (χ0) is 25.7. The number of fused-ring (bicyclic) bond motifs is 1. The van der Waals surface area contributed by atoms with Crippen LogP contribution in [0.1, 0.15) is 46.5 Å². The molecule has 0 saturated carbocycles. The lowest BCUT2D eigenvalue weighted by Crippen LogP contribution is -2.34. The molecule has 2 aliphatic carbocycles. The number of aryl methyl sites for hydroxylation is 1. The molecule has 8 nitrogen and oxygen atoms in total. The fourth-order valence-electron chi connectivity index (χ4n) is 4.56. The van der Waals surface area contributed by atoms with E-state index in [1.165, 1.54) is 30.2 Å². The van der Waals surface area contributed by atoms with Gasteiger partial charge in [-0.2, -0.15) is 0 Å². The monoisotopic (exact) mass is 528 g/mol. The third kappa shape index (κ3) is 5.99. The van der Waals surface area contributed by atoms with Gasteiger partial charge in [-0.15, -0.1) is 23.1 Å². The highest BCUT2D eigenvalue weighted by atomic mass is 32.2. The van der Waals surface area contributed by atoms with Crippen LogP contribution in [0.5, 0.6) is 0 Å². The van der Waals surface area contributed by atoms with E-state index in [9.17, 15) is 24.3 Å². The van der Waals surface area contributed by atoms with Gasteiger partial charge >= 0.3 is 11.9 Å². The van der Waals surface area contributed by atoms with Crippen molar-refractivity contribution in [3.05, 3.63) is 52.4 Å². The number of hydrogen-bond donors (Lipinski definition) is 3. The third-order valence-corrected chi connectivity index (χ3v) is 8.57. The standard InChI is InChI=1S/C26H28N2O6S2/c1-34-26(33)22-19-11-4-5-12-20(19)36-24(22)28-21(29)14-35-16-8-6-7-15(13-16)27-23(30)17-9-2-3-10-18(17)25(31)32/h2-3,6-8,13,17-18H,4-5,9-12,14H2,1H3,(H,27,30)(H,28,29)(H,31,32). The largest absolute Gasteiger partial charge is 0.481 e. The number of benzene rings is 1. The molecule has 1 aromatic heterocycles. The maximum absolute atomic E-state index is 12.7. The molecule has 0 saturated heterocycles. The molecule has 0 radical (unpaired) electrons. The Morgan fingerprint density at radius 1 is 1.08 bits per heavy atom. The van der Waals surface area contributed by atoms with Crippen LogP contribution in [0.4, 0.5) is 10.7 Å². The number of carbonyl (C=O) groups excluding carboxylic acids is 3. The second-order valence-corrected chi connectivity index (χ2v) is 10.9. The molecule has 0 fully saturated rings. The van der Waals surface area contributed by atoms with Crippen LogP contribution < -0.4 is 10.6 Å². The lowest BCUT2D eigenvalue weighted by molar-refractivity contribution is -0.146. The second-order valence-electron chi connectivity index (χ2n) is 8.75. The van der Waals surface area contributed by atoms with Crippen molar-refractivity contribution >= 4 is 57.5 Å². The van der Waals surface area contributed by atoms with Crippen LogP contribution in [0.3, 0.4) is 0 Å². The first-order valence-electron chi connectivity index (χ1n) is 11.8. The van der Waals surface area contributed by atoms with Gasteiger partial charge in [0.25, 0.3) is 0 Å². The SMILES string of the molecule is COC(=O)c1c(NC(=O)CSc2cccc(NC(=O)C3CC=CCC3C(=O)O)c2)sc2c1CCCC2. The number of methoxy groups -OCH3 is 1. The molecular weight excluding hydrogens is 500 g/mol. The summed E-state index contributed by atoms with van der Waals surface area (Å²) < 4.78 is 4.96. The van der Waals surface area contributed by atoms with E-state index in [0.717, 1.165) is 41.0 Å². The Morgan fingerprint density at radius 2 is 1.83 bits per heavy atom. The molecule has 2 aliphatic rings. The van der Waals surface area contributed by atoms with Crippen molar-refractivity contribution in [3.8, 4) is 0 Å². The van der Waals surface area contributed by atoms with Crippen LogP contribution >= 0.6 is 23.1 Å². The zero-order valence-corrected chi connectivity index (χ0v) is 21.5. The van der Waals surface area contributed by atoms with Crippen molar-refractivity contribution < 1.29 is 29.0 Å². The van der Waals surface area contributed by atoms with Crippen LogP contribution in [0.2, 0.25) is 0 Å². The van der Waals surface area contributed by atoms with Crippen LogP contribution in [0.15, 0.2) is 41.3 Å². The molecule has 190 valence electrons. The zero-order valence-electron chi connectivity index (χ0n) is 19.9. The van der Waals surface area contributed by atoms with Gasteiger partial charge in [-0.05, 0) is 62.3 Å². The number of ether oxygens (including phenoxy) is 1. The summed E-state index contributed by atoms with van der Waals surface area (Å²) in [5.74, 6) is -3.23. The smallest absolute Gasteiger partial charge is 0.341 e. The summed E-state index contributed by atoms with van der Waals surface area (Å²) in [6.07, 6.45) is 8.15. The number of nitrogens with one attached hydrogen (secondary N) is 2. The highest BCUT2D eigenvalue weighted by molar-refractivity contribution is 8.00. The summed E-state index contributed by atoms with van der Waals surface area (Å²) in [5, 5.41) is 15.7. The summed E-state index contributed by atoms with van der Waals surface area (Å²) >= 11 is 2.75. The molecule has 1 heterocycles. The van der Waals surface area contributed by atoms with Crippen LogP contribution in [0, 0.1) is 11.8 Å². The molecule has 1 aromatic carbocycles. The molecule has 0 spiro atoms. The Bertz CT molecular complexity index is 1210. The molecule has 3 N–H and O–H groups in total. The van der Waals surface area contributed by atoms with Gasteiger partial charge in [0.1, 0.15) is 5.00 Å². The van der Waals surface area contributed by atoms with Gasteiger partial charge in [-0.3, -0.25) is 14.4 Å². The molecule has 36 heavy (non-hydrogen) atoms. The number of esters is 1. The number of aliphatic carboxylic acids is 1. The van der Waals surface area contributed by atoms with E-state index in [4.69, 9.17) is 4.74 Å². The van der Waals surface area contributed by atoms with Crippen molar-refractivity contribution in [2.45, 2.75) is 43.4 Å². The van der Waals surface area contributed by atoms with Gasteiger partial charge in [-0.25, -0.2) is 4.79 Å². The fourth-order valence-corrected chi connectivity index (χ4v) is 6.61. The highest BCUT2D eigenvalue weighted by Crippen LogP contribution is 2.38. The minimum absolute atomic E-state index is 0.120. The van der Waals surface area contributed by atoms with Crippen molar-refractivity contribution in [2.24, 2.45) is 11.8 Å². The summed E-state index contributed by atoms with van der Waals surface area (Å²) in [5.41, 5.74) is 2.00. The van der Waals surface area contributed by atoms with Crippen LogP contribution in [-0.2, 0) is 32.0 Å². The lowest BCUT2D eigenvalue weighted by Gasteiger charge is -2.24. The fraction of sp³-hybridized carbons (Fsp3) is 0.385. The average Bonchev–Trinajstić information content (AvgIpc) is 3.24. The summed E-state index contributed by atoms with van der Waals surface area (Å²) in [4.78, 5) is 51.3. The van der Waals surface area contributed by atoms with Crippen LogP contribution in [-0.4, -0.2) is 41.7 Å². The number of carboxylic acids is 1. The molecule has 10 heteroatoms. The summed E-state index contributed by atoms with van der Waals surface area (Å²) in [6, 6.07) is 7.10. The molecule has 0 bridgehead atoms. The highest BCUT2D eigenvalue weighted by Gasteiger charge is 2.34. The van der Waals surface area contributed by atoms with Crippen molar-refractivity contribution in [1.29, 1.82) is 0 Å². The molecule has 2 amide bonds. The maximum Gasteiger partial charge on any atom is 0.341 e. The maximum atomic E-state index is 12.7. The number of hydrogen-bond acceptors (Lipinski definition) is 7. The predicted molar refractivity (Wildman–Crippen MR) is 140 cm³/mol. The number of rotatable bonds is 8. The normalized spacial score (nSPS) is 18.7. The Morgan fingerprint density at radius 3 is 2.58 bits per heavy atom. The number of anilines is 2. The number of carbonyl (C=O) groups is 4. The van der Waals surface area contributed by atoms with E-state index in [0.29, 0.717) is 29.1 Å². The number of allylic oxidation sites excluding steroid dienone is 2. The van der Waals surface area contributed by atoms with Crippen molar-refractivity contribution in [1.82, 2.24) is 0 Å². The van der Waals surface area contributed by atoms with E-state index in [-0.39, 0.29) is 17.6 Å². The van der Waals surface area contributed by atoms with Gasteiger partial charge in [0.15, 0.2) is 0 Å². The summed E-state index contributed by atoms with van der Waals surface area (Å²) in [6.45, 7) is 0. The van der Waals surface area contributed by atoms with Crippen LogP contribution in [0.25, 0.3) is 0 Å². The predicted octanol–water partition coefficient (Wildman–Crippen LogP) is 4.75. The molecule has 0 aliphatic heterocycles. The third-order valence-electron chi connectivity index (χ3n) is 6.37. The molecule has 2 unspecified atom stereocenters. The average molecular weight is 529 g/mol. The summed E-state index contributed by atoms with van der Waals surface area (Å²) in [7, 11) is 1.34. The van der Waals surface area contributed by atoms with E-state index in [1.807, 2.05) is 12.1 Å². The lowest BCUT2D eigenvalue weighted by atomic mass is 9.82. The minimum atomic E-state index is -0.975. The Balaban J connectivity index is 1.37. The minimum Gasteiger partial charge on any atom is -0.481 e. The first kappa shape index (κ1) is 26.0. The number of thiophene rings is 1. The molecule has 4 rings (SSSR count). The van der Waals surface area contributed by atoms with Crippen molar-refractivity contribution in [2.75, 3.05) is 23.5 Å². The molecule has 2 atom stereocenters. The Kier molecular flexibility index (Phi) is 8.48.